The molecule has 132 valence electrons. The predicted molar refractivity (Wildman–Crippen MR) is 99.4 cm³/mol. The third kappa shape index (κ3) is 3.12. The average Bonchev–Trinajstić information content (AvgIpc) is 3.38. The van der Waals surface area contributed by atoms with Crippen LogP contribution in [0.3, 0.4) is 0 Å². The second-order valence-corrected chi connectivity index (χ2v) is 6.83. The summed E-state index contributed by atoms with van der Waals surface area (Å²) in [5.41, 5.74) is 4.23. The van der Waals surface area contributed by atoms with Gasteiger partial charge in [-0.2, -0.15) is 5.10 Å². The fourth-order valence-corrected chi connectivity index (χ4v) is 3.16. The number of nitrogens with one attached hydrogen (secondary N) is 1. The Morgan fingerprint density at radius 3 is 2.62 bits per heavy atom. The third-order valence-electron chi connectivity index (χ3n) is 4.68. The van der Waals surface area contributed by atoms with Crippen molar-refractivity contribution < 1.29 is 9.18 Å². The predicted octanol–water partition coefficient (Wildman–Crippen LogP) is 4.76. The highest BCUT2D eigenvalue weighted by atomic mass is 19.1. The smallest absolute Gasteiger partial charge is 0.255 e. The molecule has 1 amide bonds. The van der Waals surface area contributed by atoms with Gasteiger partial charge >= 0.3 is 0 Å². The number of nitrogens with zero attached hydrogens (tertiary/aromatic N) is 2. The zero-order chi connectivity index (χ0) is 18.3. The number of benzene rings is 2. The minimum absolute atomic E-state index is 0.246. The van der Waals surface area contributed by atoms with E-state index in [-0.39, 0.29) is 5.91 Å². The molecule has 0 bridgehead atoms. The summed E-state index contributed by atoms with van der Waals surface area (Å²) in [7, 11) is 0. The van der Waals surface area contributed by atoms with E-state index < -0.39 is 5.82 Å². The summed E-state index contributed by atoms with van der Waals surface area (Å²) in [6, 6.07) is 14.1. The SMILES string of the molecule is Cc1cc(C2CC2)n(-c2ccc(NC(=O)c3ccccc3C)cc2F)n1. The molecule has 0 unspecified atom stereocenters. The van der Waals surface area contributed by atoms with Crippen LogP contribution >= 0.6 is 0 Å². The van der Waals surface area contributed by atoms with E-state index in [0.29, 0.717) is 22.9 Å². The van der Waals surface area contributed by atoms with Gasteiger partial charge in [-0.05, 0) is 62.6 Å². The van der Waals surface area contributed by atoms with E-state index in [0.717, 1.165) is 29.8 Å². The first-order chi connectivity index (χ1) is 12.5. The summed E-state index contributed by atoms with van der Waals surface area (Å²) in [6.07, 6.45) is 2.24. The molecule has 0 atom stereocenters. The number of hydrogen-bond acceptors (Lipinski definition) is 2. The van der Waals surface area contributed by atoms with Crippen molar-refractivity contribution in [3.63, 3.8) is 0 Å². The van der Waals surface area contributed by atoms with Crippen LogP contribution in [0.4, 0.5) is 10.1 Å². The Morgan fingerprint density at radius 2 is 1.92 bits per heavy atom. The fraction of sp³-hybridized carbons (Fsp3) is 0.238. The Labute approximate surface area is 151 Å². The van der Waals surface area contributed by atoms with Gasteiger partial charge < -0.3 is 5.32 Å². The van der Waals surface area contributed by atoms with Gasteiger partial charge in [0.05, 0.1) is 5.69 Å². The lowest BCUT2D eigenvalue weighted by Gasteiger charge is -2.11. The molecule has 2 aromatic carbocycles. The molecule has 1 fully saturated rings. The van der Waals surface area contributed by atoms with Crippen molar-refractivity contribution in [2.24, 2.45) is 0 Å². The highest BCUT2D eigenvalue weighted by molar-refractivity contribution is 6.05. The number of aryl methyl sites for hydroxylation is 2. The zero-order valence-electron chi connectivity index (χ0n) is 14.8. The molecule has 0 spiro atoms. The number of carbonyl (C=O) groups excluding carboxylic acids is 1. The van der Waals surface area contributed by atoms with Crippen LogP contribution in [0, 0.1) is 19.7 Å². The lowest BCUT2D eigenvalue weighted by molar-refractivity contribution is 0.102. The molecule has 3 aromatic rings. The maximum atomic E-state index is 14.7. The van der Waals surface area contributed by atoms with Crippen molar-refractivity contribution in [3.05, 3.63) is 76.9 Å². The molecule has 0 saturated heterocycles. The van der Waals surface area contributed by atoms with E-state index in [1.54, 1.807) is 22.9 Å². The van der Waals surface area contributed by atoms with Gasteiger partial charge in [-0.25, -0.2) is 9.07 Å². The molecule has 1 N–H and O–H groups in total. The quantitative estimate of drug-likeness (QED) is 0.738. The summed E-state index contributed by atoms with van der Waals surface area (Å²) < 4.78 is 16.4. The molecule has 4 rings (SSSR count). The summed E-state index contributed by atoms with van der Waals surface area (Å²) in [5.74, 6) is -0.183. The van der Waals surface area contributed by atoms with E-state index in [4.69, 9.17) is 0 Å². The molecule has 0 aliphatic heterocycles. The molecule has 1 aromatic heterocycles. The first-order valence-electron chi connectivity index (χ1n) is 8.76. The normalized spacial score (nSPS) is 13.7. The number of aromatic nitrogens is 2. The Hall–Kier alpha value is -2.95. The lowest BCUT2D eigenvalue weighted by Crippen LogP contribution is -2.14. The fourth-order valence-electron chi connectivity index (χ4n) is 3.16. The van der Waals surface area contributed by atoms with Gasteiger partial charge in [0, 0.05) is 22.9 Å². The first kappa shape index (κ1) is 16.5. The van der Waals surface area contributed by atoms with E-state index in [1.807, 2.05) is 38.1 Å². The highest BCUT2D eigenvalue weighted by Gasteiger charge is 2.28. The molecular weight excluding hydrogens is 329 g/mol. The Bertz CT molecular complexity index is 989. The van der Waals surface area contributed by atoms with Crippen LogP contribution in [-0.4, -0.2) is 15.7 Å². The molecule has 4 nitrogen and oxygen atoms in total. The molecule has 1 aliphatic rings. The van der Waals surface area contributed by atoms with E-state index in [1.165, 1.54) is 6.07 Å². The van der Waals surface area contributed by atoms with Gasteiger partial charge in [0.1, 0.15) is 5.69 Å². The van der Waals surface area contributed by atoms with Crippen molar-refractivity contribution in [1.29, 1.82) is 0 Å². The minimum Gasteiger partial charge on any atom is -0.322 e. The monoisotopic (exact) mass is 349 g/mol. The van der Waals surface area contributed by atoms with Crippen molar-refractivity contribution >= 4 is 11.6 Å². The van der Waals surface area contributed by atoms with Gasteiger partial charge in [-0.3, -0.25) is 4.79 Å². The molecule has 1 aliphatic carbocycles. The van der Waals surface area contributed by atoms with Crippen molar-refractivity contribution in [3.8, 4) is 5.69 Å². The highest BCUT2D eigenvalue weighted by Crippen LogP contribution is 2.41. The Morgan fingerprint density at radius 1 is 1.15 bits per heavy atom. The minimum atomic E-state index is -0.405. The van der Waals surface area contributed by atoms with Gasteiger partial charge in [0.25, 0.3) is 5.91 Å². The largest absolute Gasteiger partial charge is 0.322 e. The third-order valence-corrected chi connectivity index (χ3v) is 4.68. The van der Waals surface area contributed by atoms with Crippen LogP contribution in [0.5, 0.6) is 0 Å². The molecule has 1 heterocycles. The number of hydrogen-bond donors (Lipinski definition) is 1. The van der Waals surface area contributed by atoms with E-state index in [9.17, 15) is 9.18 Å². The maximum absolute atomic E-state index is 14.7. The number of amides is 1. The first-order valence-corrected chi connectivity index (χ1v) is 8.76. The van der Waals surface area contributed by atoms with Crippen molar-refractivity contribution in [2.75, 3.05) is 5.32 Å². The summed E-state index contributed by atoms with van der Waals surface area (Å²) in [4.78, 5) is 12.4. The number of anilines is 1. The van der Waals surface area contributed by atoms with Gasteiger partial charge in [-0.1, -0.05) is 18.2 Å². The van der Waals surface area contributed by atoms with E-state index in [2.05, 4.69) is 10.4 Å². The average molecular weight is 349 g/mol. The van der Waals surface area contributed by atoms with Gasteiger partial charge in [0.2, 0.25) is 0 Å². The van der Waals surface area contributed by atoms with Crippen LogP contribution in [0.1, 0.15) is 46.1 Å². The van der Waals surface area contributed by atoms with Gasteiger partial charge in [-0.15, -0.1) is 0 Å². The molecule has 5 heteroatoms. The topological polar surface area (TPSA) is 46.9 Å². The number of halogens is 1. The molecule has 1 saturated carbocycles. The van der Waals surface area contributed by atoms with Gasteiger partial charge in [0.15, 0.2) is 5.82 Å². The Kier molecular flexibility index (Phi) is 4.07. The zero-order valence-corrected chi connectivity index (χ0v) is 14.8. The van der Waals surface area contributed by atoms with E-state index >= 15 is 0 Å². The summed E-state index contributed by atoms with van der Waals surface area (Å²) in [6.45, 7) is 3.79. The second kappa shape index (κ2) is 6.41. The molecular formula is C21H20FN3O. The summed E-state index contributed by atoms with van der Waals surface area (Å²) in [5, 5.41) is 7.21. The lowest BCUT2D eigenvalue weighted by atomic mass is 10.1. The molecule has 26 heavy (non-hydrogen) atoms. The van der Waals surface area contributed by atoms with Crippen LogP contribution in [0.2, 0.25) is 0 Å². The number of rotatable bonds is 4. The summed E-state index contributed by atoms with van der Waals surface area (Å²) >= 11 is 0. The number of carbonyl (C=O) groups is 1. The van der Waals surface area contributed by atoms with Crippen LogP contribution in [-0.2, 0) is 0 Å². The second-order valence-electron chi connectivity index (χ2n) is 6.83. The van der Waals surface area contributed by atoms with Crippen LogP contribution in [0.25, 0.3) is 5.69 Å². The maximum Gasteiger partial charge on any atom is 0.255 e. The van der Waals surface area contributed by atoms with Crippen LogP contribution in [0.15, 0.2) is 48.5 Å². The van der Waals surface area contributed by atoms with Crippen LogP contribution < -0.4 is 5.32 Å². The van der Waals surface area contributed by atoms with Crippen molar-refractivity contribution in [1.82, 2.24) is 9.78 Å². The Balaban J connectivity index is 1.61. The standard InChI is InChI=1S/C21H20FN3O/c1-13-5-3-4-6-17(13)21(26)23-16-9-10-19(18(22)12-16)25-20(15-7-8-15)11-14(2)24-25/h3-6,9-12,15H,7-8H2,1-2H3,(H,23,26). The van der Waals surface area contributed by atoms with Crippen molar-refractivity contribution in [2.45, 2.75) is 32.6 Å². The molecule has 0 radical (unpaired) electrons.